The smallest absolute Gasteiger partial charge is 0.264 e. The molecule has 2 aliphatic carbocycles. The Kier molecular flexibility index (Phi) is 6.13. The minimum absolute atomic E-state index is 0.0571. The lowest BCUT2D eigenvalue weighted by Crippen LogP contribution is -2.40. The van der Waals surface area contributed by atoms with Crippen LogP contribution in [0.4, 0.5) is 0 Å². The number of ether oxygens (including phenoxy) is 1. The Labute approximate surface area is 165 Å². The molecule has 0 radical (unpaired) electrons. The summed E-state index contributed by atoms with van der Waals surface area (Å²) in [6, 6.07) is 2.41. The van der Waals surface area contributed by atoms with Crippen molar-refractivity contribution in [3.05, 3.63) is 21.4 Å². The van der Waals surface area contributed by atoms with Gasteiger partial charge in [-0.05, 0) is 43.7 Å². The van der Waals surface area contributed by atoms with Gasteiger partial charge in [-0.1, -0.05) is 25.7 Å². The fourth-order valence-electron chi connectivity index (χ4n) is 4.52. The predicted octanol–water partition coefficient (Wildman–Crippen LogP) is 3.16. The van der Waals surface area contributed by atoms with Gasteiger partial charge in [0.15, 0.2) is 0 Å². The Morgan fingerprint density at radius 1 is 1.07 bits per heavy atom. The van der Waals surface area contributed by atoms with Gasteiger partial charge < -0.3 is 15.0 Å². The van der Waals surface area contributed by atoms with Crippen molar-refractivity contribution in [2.24, 2.45) is 5.92 Å². The second kappa shape index (κ2) is 8.74. The van der Waals surface area contributed by atoms with E-state index in [1.165, 1.54) is 36.1 Å². The maximum atomic E-state index is 12.8. The van der Waals surface area contributed by atoms with Crippen LogP contribution in [0, 0.1) is 5.92 Å². The molecule has 2 heterocycles. The summed E-state index contributed by atoms with van der Waals surface area (Å²) in [5.74, 6) is 0.402. The molecule has 0 aromatic carbocycles. The summed E-state index contributed by atoms with van der Waals surface area (Å²) in [4.78, 5) is 29.5. The lowest BCUT2D eigenvalue weighted by Gasteiger charge is -2.26. The molecule has 148 valence electrons. The highest BCUT2D eigenvalue weighted by molar-refractivity contribution is 7.14. The quantitative estimate of drug-likeness (QED) is 0.807. The van der Waals surface area contributed by atoms with Crippen molar-refractivity contribution in [3.63, 3.8) is 0 Å². The van der Waals surface area contributed by atoms with E-state index in [1.54, 1.807) is 11.3 Å². The van der Waals surface area contributed by atoms with Crippen LogP contribution in [0.5, 0.6) is 0 Å². The van der Waals surface area contributed by atoms with E-state index in [9.17, 15) is 9.59 Å². The Bertz CT molecular complexity index is 673. The molecular weight excluding hydrogens is 360 g/mol. The average molecular weight is 391 g/mol. The van der Waals surface area contributed by atoms with Gasteiger partial charge in [0.2, 0.25) is 5.91 Å². The van der Waals surface area contributed by atoms with Gasteiger partial charge in [0.05, 0.1) is 18.1 Å². The van der Waals surface area contributed by atoms with E-state index >= 15 is 0 Å². The van der Waals surface area contributed by atoms with Crippen molar-refractivity contribution in [2.45, 2.75) is 63.8 Å². The van der Waals surface area contributed by atoms with Gasteiger partial charge in [-0.15, -0.1) is 11.3 Å². The molecule has 1 aliphatic heterocycles. The molecule has 1 saturated heterocycles. The van der Waals surface area contributed by atoms with Gasteiger partial charge in [0.1, 0.15) is 0 Å². The van der Waals surface area contributed by atoms with Crippen LogP contribution in [0.2, 0.25) is 0 Å². The molecule has 2 fully saturated rings. The summed E-state index contributed by atoms with van der Waals surface area (Å²) in [5, 5.41) is 3.32. The number of rotatable bonds is 3. The monoisotopic (exact) mass is 390 g/mol. The lowest BCUT2D eigenvalue weighted by molar-refractivity contribution is -0.126. The number of hydrogen-bond acceptors (Lipinski definition) is 4. The number of nitrogens with zero attached hydrogens (tertiary/aromatic N) is 1. The summed E-state index contributed by atoms with van der Waals surface area (Å²) in [6.07, 6.45) is 9.91. The number of carbonyl (C=O) groups is 2. The van der Waals surface area contributed by atoms with Crippen molar-refractivity contribution in [1.29, 1.82) is 0 Å². The zero-order chi connectivity index (χ0) is 18.6. The van der Waals surface area contributed by atoms with E-state index in [0.717, 1.165) is 37.0 Å². The first-order chi connectivity index (χ1) is 13.2. The number of hydrogen-bond donors (Lipinski definition) is 1. The second-order valence-corrected chi connectivity index (χ2v) is 9.24. The summed E-state index contributed by atoms with van der Waals surface area (Å²) < 4.78 is 5.34. The maximum Gasteiger partial charge on any atom is 0.264 e. The third-order valence-electron chi connectivity index (χ3n) is 6.16. The van der Waals surface area contributed by atoms with E-state index < -0.39 is 0 Å². The van der Waals surface area contributed by atoms with Gasteiger partial charge in [-0.2, -0.15) is 0 Å². The molecule has 1 unspecified atom stereocenters. The number of carbonyl (C=O) groups excluding carboxylic acids is 2. The minimum Gasteiger partial charge on any atom is -0.378 e. The first-order valence-corrected chi connectivity index (χ1v) is 11.3. The Morgan fingerprint density at radius 2 is 1.81 bits per heavy atom. The zero-order valence-electron chi connectivity index (χ0n) is 16.0. The minimum atomic E-state index is 0.0571. The molecule has 4 rings (SSSR count). The van der Waals surface area contributed by atoms with Gasteiger partial charge in [-0.25, -0.2) is 0 Å². The van der Waals surface area contributed by atoms with Crippen LogP contribution in [0.3, 0.4) is 0 Å². The van der Waals surface area contributed by atoms with E-state index in [1.807, 2.05) is 11.0 Å². The molecule has 1 saturated carbocycles. The lowest BCUT2D eigenvalue weighted by atomic mass is 9.87. The third-order valence-corrected chi connectivity index (χ3v) is 7.39. The number of aryl methyl sites for hydroxylation is 1. The van der Waals surface area contributed by atoms with Crippen LogP contribution >= 0.6 is 11.3 Å². The van der Waals surface area contributed by atoms with Gasteiger partial charge in [0, 0.05) is 29.9 Å². The van der Waals surface area contributed by atoms with Crippen molar-refractivity contribution < 1.29 is 14.3 Å². The predicted molar refractivity (Wildman–Crippen MR) is 106 cm³/mol. The Hall–Kier alpha value is -1.40. The largest absolute Gasteiger partial charge is 0.378 e. The highest BCUT2D eigenvalue weighted by Gasteiger charge is 2.30. The van der Waals surface area contributed by atoms with Crippen molar-refractivity contribution in [3.8, 4) is 0 Å². The van der Waals surface area contributed by atoms with Gasteiger partial charge in [-0.3, -0.25) is 9.59 Å². The van der Waals surface area contributed by atoms with Crippen LogP contribution in [0.25, 0.3) is 0 Å². The Balaban J connectivity index is 1.37. The molecule has 6 heteroatoms. The van der Waals surface area contributed by atoms with Crippen LogP contribution < -0.4 is 5.32 Å². The fraction of sp³-hybridized carbons (Fsp3) is 0.714. The molecule has 0 spiro atoms. The number of morpholine rings is 1. The first kappa shape index (κ1) is 18.9. The summed E-state index contributed by atoms with van der Waals surface area (Å²) in [6.45, 7) is 2.60. The third kappa shape index (κ3) is 4.54. The second-order valence-electron chi connectivity index (χ2n) is 8.10. The highest BCUT2D eigenvalue weighted by Crippen LogP contribution is 2.33. The van der Waals surface area contributed by atoms with Crippen LogP contribution in [0.1, 0.15) is 65.1 Å². The zero-order valence-corrected chi connectivity index (χ0v) is 16.8. The van der Waals surface area contributed by atoms with Crippen molar-refractivity contribution in [2.75, 3.05) is 26.3 Å². The standard InChI is InChI=1S/C21H30N2O3S/c24-20(22-17-5-3-1-2-4-6-17)15-7-8-18-16(13-15)14-19(27-18)21(25)23-9-11-26-12-10-23/h14-15,17H,1-13H2,(H,22,24). The molecular formula is C21H30N2O3S. The molecule has 27 heavy (non-hydrogen) atoms. The highest BCUT2D eigenvalue weighted by atomic mass is 32.1. The first-order valence-electron chi connectivity index (χ1n) is 10.5. The SMILES string of the molecule is O=C(NC1CCCCCC1)C1CCc2sc(C(=O)N3CCOCC3)cc2C1. The molecule has 1 aromatic heterocycles. The number of thiophene rings is 1. The molecule has 1 N–H and O–H groups in total. The number of fused-ring (bicyclic) bond motifs is 1. The maximum absolute atomic E-state index is 12.8. The summed E-state index contributed by atoms with van der Waals surface area (Å²) in [5.41, 5.74) is 1.21. The van der Waals surface area contributed by atoms with E-state index in [0.29, 0.717) is 32.3 Å². The van der Waals surface area contributed by atoms with E-state index in [4.69, 9.17) is 4.74 Å². The normalized spacial score (nSPS) is 24.1. The van der Waals surface area contributed by atoms with Crippen LogP contribution in [0.15, 0.2) is 6.07 Å². The summed E-state index contributed by atoms with van der Waals surface area (Å²) in [7, 11) is 0. The summed E-state index contributed by atoms with van der Waals surface area (Å²) >= 11 is 1.63. The molecule has 1 aromatic rings. The molecule has 5 nitrogen and oxygen atoms in total. The van der Waals surface area contributed by atoms with Crippen molar-refractivity contribution in [1.82, 2.24) is 10.2 Å². The molecule has 3 aliphatic rings. The van der Waals surface area contributed by atoms with Crippen LogP contribution in [-0.2, 0) is 22.4 Å². The van der Waals surface area contributed by atoms with E-state index in [2.05, 4.69) is 5.32 Å². The molecule has 0 bridgehead atoms. The molecule has 1 atom stereocenters. The number of nitrogens with one attached hydrogen (secondary N) is 1. The average Bonchev–Trinajstić information content (AvgIpc) is 2.97. The topological polar surface area (TPSA) is 58.6 Å². The van der Waals surface area contributed by atoms with Crippen molar-refractivity contribution >= 4 is 23.2 Å². The number of amides is 2. The van der Waals surface area contributed by atoms with Crippen LogP contribution in [-0.4, -0.2) is 49.1 Å². The van der Waals surface area contributed by atoms with E-state index in [-0.39, 0.29) is 17.7 Å². The molecule has 2 amide bonds. The van der Waals surface area contributed by atoms with Gasteiger partial charge >= 0.3 is 0 Å². The van der Waals surface area contributed by atoms with Gasteiger partial charge in [0.25, 0.3) is 5.91 Å². The fourth-order valence-corrected chi connectivity index (χ4v) is 5.69. The Morgan fingerprint density at radius 3 is 2.56 bits per heavy atom.